The summed E-state index contributed by atoms with van der Waals surface area (Å²) in [6, 6.07) is 0. The summed E-state index contributed by atoms with van der Waals surface area (Å²) < 4.78 is 21.0. The van der Waals surface area contributed by atoms with Crippen molar-refractivity contribution in [3.05, 3.63) is 10.4 Å². The summed E-state index contributed by atoms with van der Waals surface area (Å²) in [6.07, 6.45) is 0. The molecule has 0 radical (unpaired) electrons. The fraction of sp³-hybridized carbons (Fsp3) is 0.917. The standard InChI is InChI=1S/C12H23N3O5S/c1-12(16)21-11-10-20-9-8-19-7-6-18-5-4-17-3-2-14-15-13/h2-11H2,1H3. The van der Waals surface area contributed by atoms with Crippen molar-refractivity contribution in [3.8, 4) is 0 Å². The summed E-state index contributed by atoms with van der Waals surface area (Å²) in [5.74, 6) is 0.679. The first-order valence-corrected chi connectivity index (χ1v) is 7.71. The predicted molar refractivity (Wildman–Crippen MR) is 80.4 cm³/mol. The molecule has 0 aromatic rings. The Morgan fingerprint density at radius 2 is 1.43 bits per heavy atom. The summed E-state index contributed by atoms with van der Waals surface area (Å²) in [4.78, 5) is 13.2. The van der Waals surface area contributed by atoms with Crippen LogP contribution in [-0.2, 0) is 23.7 Å². The second-order valence-electron chi connectivity index (χ2n) is 3.74. The highest BCUT2D eigenvalue weighted by Gasteiger charge is 1.95. The normalized spacial score (nSPS) is 10.3. The molecule has 0 aromatic carbocycles. The van der Waals surface area contributed by atoms with Gasteiger partial charge in [-0.25, -0.2) is 0 Å². The minimum Gasteiger partial charge on any atom is -0.379 e. The number of nitrogens with zero attached hydrogens (tertiary/aromatic N) is 3. The molecule has 0 atom stereocenters. The first kappa shape index (κ1) is 20.2. The van der Waals surface area contributed by atoms with Gasteiger partial charge in [0.25, 0.3) is 0 Å². The minimum atomic E-state index is 0.105. The number of carbonyl (C=O) groups excluding carboxylic acids is 1. The molecule has 0 unspecified atom stereocenters. The summed E-state index contributed by atoms with van der Waals surface area (Å²) in [6.45, 7) is 5.82. The molecule has 8 nitrogen and oxygen atoms in total. The topological polar surface area (TPSA) is 103 Å². The van der Waals surface area contributed by atoms with Crippen LogP contribution in [0.15, 0.2) is 5.11 Å². The van der Waals surface area contributed by atoms with Gasteiger partial charge in [0.15, 0.2) is 5.12 Å². The van der Waals surface area contributed by atoms with E-state index < -0.39 is 0 Å². The van der Waals surface area contributed by atoms with Crippen LogP contribution in [0.3, 0.4) is 0 Å². The van der Waals surface area contributed by atoms with Gasteiger partial charge < -0.3 is 18.9 Å². The zero-order chi connectivity index (χ0) is 15.6. The van der Waals surface area contributed by atoms with Crippen molar-refractivity contribution >= 4 is 16.9 Å². The highest BCUT2D eigenvalue weighted by molar-refractivity contribution is 8.13. The zero-order valence-corrected chi connectivity index (χ0v) is 13.2. The average Bonchev–Trinajstić information content (AvgIpc) is 2.46. The Balaban J connectivity index is 2.99. The van der Waals surface area contributed by atoms with Crippen LogP contribution in [0.1, 0.15) is 6.92 Å². The molecule has 0 fully saturated rings. The van der Waals surface area contributed by atoms with Crippen molar-refractivity contribution < 1.29 is 23.7 Å². The third-order valence-electron chi connectivity index (χ3n) is 2.05. The van der Waals surface area contributed by atoms with Crippen LogP contribution >= 0.6 is 11.8 Å². The molecule has 0 saturated carbocycles. The van der Waals surface area contributed by atoms with Gasteiger partial charge in [-0.2, -0.15) is 0 Å². The fourth-order valence-electron chi connectivity index (χ4n) is 1.16. The Labute approximate surface area is 129 Å². The maximum Gasteiger partial charge on any atom is 0.185 e. The van der Waals surface area contributed by atoms with Crippen LogP contribution in [0.5, 0.6) is 0 Å². The maximum absolute atomic E-state index is 10.6. The second-order valence-corrected chi connectivity index (χ2v) is 5.02. The van der Waals surface area contributed by atoms with Crippen molar-refractivity contribution in [2.45, 2.75) is 6.92 Å². The monoisotopic (exact) mass is 321 g/mol. The number of azide groups is 1. The Morgan fingerprint density at radius 1 is 0.952 bits per heavy atom. The van der Waals surface area contributed by atoms with Gasteiger partial charge in [-0.1, -0.05) is 16.9 Å². The van der Waals surface area contributed by atoms with E-state index in [2.05, 4.69) is 10.0 Å². The third kappa shape index (κ3) is 19.2. The van der Waals surface area contributed by atoms with Crippen molar-refractivity contribution in [3.63, 3.8) is 0 Å². The minimum absolute atomic E-state index is 0.105. The smallest absolute Gasteiger partial charge is 0.185 e. The molecule has 0 aliphatic heterocycles. The van der Waals surface area contributed by atoms with E-state index in [0.29, 0.717) is 65.2 Å². The quantitative estimate of drug-likeness (QED) is 0.197. The van der Waals surface area contributed by atoms with Crippen molar-refractivity contribution in [1.82, 2.24) is 0 Å². The lowest BCUT2D eigenvalue weighted by Gasteiger charge is -2.06. The van der Waals surface area contributed by atoms with E-state index in [4.69, 9.17) is 24.5 Å². The maximum atomic E-state index is 10.6. The summed E-state index contributed by atoms with van der Waals surface area (Å²) in [7, 11) is 0. The average molecular weight is 321 g/mol. The third-order valence-corrected chi connectivity index (χ3v) is 2.83. The molecule has 0 amide bonds. The first-order chi connectivity index (χ1) is 10.3. The van der Waals surface area contributed by atoms with Gasteiger partial charge in [0.1, 0.15) is 0 Å². The van der Waals surface area contributed by atoms with Crippen molar-refractivity contribution in [2.75, 3.05) is 65.2 Å². The largest absolute Gasteiger partial charge is 0.379 e. The molecule has 0 N–H and O–H groups in total. The van der Waals surface area contributed by atoms with Crippen molar-refractivity contribution in [1.29, 1.82) is 0 Å². The number of hydrogen-bond acceptors (Lipinski definition) is 7. The van der Waals surface area contributed by atoms with Crippen LogP contribution in [0.4, 0.5) is 0 Å². The summed E-state index contributed by atoms with van der Waals surface area (Å²) >= 11 is 1.26. The molecule has 0 rings (SSSR count). The zero-order valence-electron chi connectivity index (χ0n) is 12.4. The molecule has 0 spiro atoms. The molecule has 9 heteroatoms. The molecule has 0 saturated heterocycles. The lowest BCUT2D eigenvalue weighted by Crippen LogP contribution is -2.13. The Hall–Kier alpha value is -0.830. The lowest BCUT2D eigenvalue weighted by molar-refractivity contribution is -0.109. The Morgan fingerprint density at radius 3 is 1.90 bits per heavy atom. The van der Waals surface area contributed by atoms with E-state index in [0.717, 1.165) is 0 Å². The Bertz CT molecular complexity index is 287. The molecular weight excluding hydrogens is 298 g/mol. The van der Waals surface area contributed by atoms with E-state index in [1.54, 1.807) is 6.92 Å². The molecule has 21 heavy (non-hydrogen) atoms. The fourth-order valence-corrected chi connectivity index (χ4v) is 1.64. The number of thioether (sulfide) groups is 1. The van der Waals surface area contributed by atoms with Crippen LogP contribution in [-0.4, -0.2) is 70.3 Å². The van der Waals surface area contributed by atoms with E-state index in [1.807, 2.05) is 0 Å². The summed E-state index contributed by atoms with van der Waals surface area (Å²) in [5, 5.41) is 3.44. The van der Waals surface area contributed by atoms with E-state index in [9.17, 15) is 4.79 Å². The molecule has 0 bridgehead atoms. The molecule has 0 heterocycles. The number of hydrogen-bond donors (Lipinski definition) is 0. The first-order valence-electron chi connectivity index (χ1n) is 6.72. The Kier molecular flexibility index (Phi) is 16.5. The van der Waals surface area contributed by atoms with Crippen LogP contribution in [0, 0.1) is 0 Å². The van der Waals surface area contributed by atoms with Crippen LogP contribution < -0.4 is 0 Å². The van der Waals surface area contributed by atoms with Crippen LogP contribution in [0.25, 0.3) is 10.4 Å². The van der Waals surface area contributed by atoms with Crippen molar-refractivity contribution in [2.24, 2.45) is 5.11 Å². The van der Waals surface area contributed by atoms with Gasteiger partial charge in [-0.05, 0) is 5.53 Å². The number of carbonyl (C=O) groups is 1. The van der Waals surface area contributed by atoms with Gasteiger partial charge in [-0.15, -0.1) is 0 Å². The molecule has 0 aromatic heterocycles. The molecular formula is C12H23N3O5S. The molecule has 122 valence electrons. The molecule has 0 aliphatic rings. The number of rotatable bonds is 15. The van der Waals surface area contributed by atoms with E-state index in [1.165, 1.54) is 11.8 Å². The lowest BCUT2D eigenvalue weighted by atomic mass is 10.7. The molecule has 0 aliphatic carbocycles. The van der Waals surface area contributed by atoms with Crippen LogP contribution in [0.2, 0.25) is 0 Å². The van der Waals surface area contributed by atoms with Gasteiger partial charge in [0, 0.05) is 24.1 Å². The predicted octanol–water partition coefficient (Wildman–Crippen LogP) is 1.64. The highest BCUT2D eigenvalue weighted by atomic mass is 32.2. The van der Waals surface area contributed by atoms with Gasteiger partial charge >= 0.3 is 0 Å². The number of ether oxygens (including phenoxy) is 4. The van der Waals surface area contributed by atoms with E-state index >= 15 is 0 Å². The second kappa shape index (κ2) is 17.2. The SMILES string of the molecule is CC(=O)SCCOCCOCCOCCOCCN=[N+]=[N-]. The van der Waals surface area contributed by atoms with Gasteiger partial charge in [0.2, 0.25) is 0 Å². The van der Waals surface area contributed by atoms with E-state index in [-0.39, 0.29) is 5.12 Å². The van der Waals surface area contributed by atoms with Gasteiger partial charge in [-0.3, -0.25) is 4.79 Å². The summed E-state index contributed by atoms with van der Waals surface area (Å²) in [5.41, 5.74) is 8.03. The van der Waals surface area contributed by atoms with Gasteiger partial charge in [0.05, 0.1) is 52.9 Å². The highest BCUT2D eigenvalue weighted by Crippen LogP contribution is 1.99.